The summed E-state index contributed by atoms with van der Waals surface area (Å²) in [4.78, 5) is 17.4. The van der Waals surface area contributed by atoms with Crippen molar-refractivity contribution in [2.45, 2.75) is 0 Å². The number of rotatable bonds is 3. The van der Waals surface area contributed by atoms with E-state index in [1.54, 1.807) is 36.4 Å². The molecule has 0 bridgehead atoms. The summed E-state index contributed by atoms with van der Waals surface area (Å²) in [6.45, 7) is 0. The Morgan fingerprint density at radius 1 is 0.900 bits per heavy atom. The molecule has 5 rings (SSSR count). The van der Waals surface area contributed by atoms with Gasteiger partial charge in [0.25, 0.3) is 5.91 Å². The number of carbonyl (C=O) groups excluding carboxylic acids is 1. The zero-order valence-electron chi connectivity index (χ0n) is 15.5. The number of fused-ring (bicyclic) bond motifs is 2. The second-order valence-corrected chi connectivity index (χ2v) is 7.57. The van der Waals surface area contributed by atoms with Gasteiger partial charge in [0, 0.05) is 11.3 Å². The quantitative estimate of drug-likeness (QED) is 0.327. The van der Waals surface area contributed by atoms with E-state index in [1.165, 1.54) is 0 Å². The second-order valence-electron chi connectivity index (χ2n) is 6.78. The molecule has 0 saturated carbocycles. The lowest BCUT2D eigenvalue weighted by atomic mass is 10.0. The summed E-state index contributed by atoms with van der Waals surface area (Å²) in [5.41, 5.74) is 3.04. The lowest BCUT2D eigenvalue weighted by Crippen LogP contribution is -2.12. The van der Waals surface area contributed by atoms with Gasteiger partial charge in [-0.25, -0.2) is 4.98 Å². The van der Waals surface area contributed by atoms with Gasteiger partial charge in [0.15, 0.2) is 5.58 Å². The third-order valence-electron chi connectivity index (χ3n) is 4.86. The molecule has 0 fully saturated rings. The number of halogens is 2. The van der Waals surface area contributed by atoms with Crippen molar-refractivity contribution in [1.29, 1.82) is 0 Å². The fraction of sp³-hybridized carbons (Fsp3) is 0. The van der Waals surface area contributed by atoms with Crippen LogP contribution in [-0.4, -0.2) is 10.9 Å². The van der Waals surface area contributed by atoms with E-state index in [0.29, 0.717) is 43.9 Å². The van der Waals surface area contributed by atoms with Crippen molar-refractivity contribution in [1.82, 2.24) is 4.98 Å². The Bertz CT molecular complexity index is 1420. The summed E-state index contributed by atoms with van der Waals surface area (Å²) >= 11 is 12.4. The smallest absolute Gasteiger partial charge is 0.256 e. The highest BCUT2D eigenvalue weighted by atomic mass is 35.5. The first-order chi connectivity index (χ1) is 14.6. The lowest BCUT2D eigenvalue weighted by molar-refractivity contribution is 0.102. The number of hydrogen-bond acceptors (Lipinski definition) is 3. The predicted molar refractivity (Wildman–Crippen MR) is 121 cm³/mol. The summed E-state index contributed by atoms with van der Waals surface area (Å²) in [6, 6.07) is 24.1. The number of amides is 1. The third kappa shape index (κ3) is 3.30. The van der Waals surface area contributed by atoms with Gasteiger partial charge in [0.05, 0.1) is 15.6 Å². The Hall–Kier alpha value is -3.34. The van der Waals surface area contributed by atoms with Gasteiger partial charge in [-0.15, -0.1) is 0 Å². The minimum Gasteiger partial charge on any atom is -0.436 e. The maximum Gasteiger partial charge on any atom is 0.256 e. The minimum absolute atomic E-state index is 0.187. The molecule has 1 amide bonds. The number of nitrogens with zero attached hydrogens (tertiary/aromatic N) is 1. The van der Waals surface area contributed by atoms with Crippen LogP contribution in [0.2, 0.25) is 10.0 Å². The minimum atomic E-state index is -0.187. The van der Waals surface area contributed by atoms with Crippen LogP contribution in [0.5, 0.6) is 0 Å². The van der Waals surface area contributed by atoms with Gasteiger partial charge in [-0.1, -0.05) is 65.7 Å². The summed E-state index contributed by atoms with van der Waals surface area (Å²) in [7, 11) is 0. The van der Waals surface area contributed by atoms with Crippen molar-refractivity contribution in [2.24, 2.45) is 0 Å². The molecule has 0 aliphatic heterocycles. The molecule has 0 spiro atoms. The number of hydrogen-bond donors (Lipinski definition) is 1. The van der Waals surface area contributed by atoms with Crippen molar-refractivity contribution >= 4 is 56.7 Å². The molecule has 0 unspecified atom stereocenters. The highest BCUT2D eigenvalue weighted by molar-refractivity contribution is 6.43. The van der Waals surface area contributed by atoms with Crippen molar-refractivity contribution < 1.29 is 9.21 Å². The van der Waals surface area contributed by atoms with E-state index >= 15 is 0 Å². The monoisotopic (exact) mass is 432 g/mol. The molecule has 4 nitrogen and oxygen atoms in total. The molecule has 1 heterocycles. The van der Waals surface area contributed by atoms with Gasteiger partial charge in [0.2, 0.25) is 5.89 Å². The summed E-state index contributed by atoms with van der Waals surface area (Å²) in [5, 5.41) is 5.67. The molecule has 146 valence electrons. The number of anilines is 1. The van der Waals surface area contributed by atoms with Gasteiger partial charge in [0.1, 0.15) is 5.52 Å². The standard InChI is InChI=1S/C24H14Cl2N2O2/c25-19-10-4-9-18(22(19)26)24-28-20-13-15(11-12-21(20)30-24)27-23(29)17-8-3-6-14-5-1-2-7-16(14)17/h1-13H,(H,27,29). The van der Waals surface area contributed by atoms with Crippen LogP contribution in [0.1, 0.15) is 10.4 Å². The van der Waals surface area contributed by atoms with Crippen molar-refractivity contribution in [3.8, 4) is 11.5 Å². The molecule has 4 aromatic carbocycles. The molecule has 0 saturated heterocycles. The van der Waals surface area contributed by atoms with Crippen LogP contribution in [0, 0.1) is 0 Å². The molecule has 1 aromatic heterocycles. The molecular formula is C24H14Cl2N2O2. The average molecular weight is 433 g/mol. The lowest BCUT2D eigenvalue weighted by Gasteiger charge is -2.08. The molecule has 30 heavy (non-hydrogen) atoms. The van der Waals surface area contributed by atoms with Crippen LogP contribution in [0.4, 0.5) is 5.69 Å². The van der Waals surface area contributed by atoms with Crippen LogP contribution >= 0.6 is 23.2 Å². The number of aromatic nitrogens is 1. The first-order valence-corrected chi connectivity index (χ1v) is 10.00. The predicted octanol–water partition coefficient (Wildman–Crippen LogP) is 7.21. The Balaban J connectivity index is 1.48. The summed E-state index contributed by atoms with van der Waals surface area (Å²) in [5.74, 6) is 0.183. The van der Waals surface area contributed by atoms with Gasteiger partial charge in [-0.3, -0.25) is 4.79 Å². The van der Waals surface area contributed by atoms with E-state index in [4.69, 9.17) is 27.6 Å². The number of benzene rings is 4. The maximum atomic E-state index is 12.9. The van der Waals surface area contributed by atoms with Crippen LogP contribution in [0.25, 0.3) is 33.3 Å². The molecule has 1 N–H and O–H groups in total. The molecule has 0 radical (unpaired) electrons. The average Bonchev–Trinajstić information content (AvgIpc) is 3.18. The zero-order chi connectivity index (χ0) is 20.7. The number of oxazole rings is 1. The molecular weight excluding hydrogens is 419 g/mol. The third-order valence-corrected chi connectivity index (χ3v) is 5.68. The second kappa shape index (κ2) is 7.48. The van der Waals surface area contributed by atoms with Crippen LogP contribution in [-0.2, 0) is 0 Å². The number of nitrogens with one attached hydrogen (secondary N) is 1. The molecule has 0 aliphatic rings. The summed E-state index contributed by atoms with van der Waals surface area (Å²) in [6.07, 6.45) is 0. The van der Waals surface area contributed by atoms with Crippen molar-refractivity contribution in [3.63, 3.8) is 0 Å². The zero-order valence-corrected chi connectivity index (χ0v) is 17.0. The van der Waals surface area contributed by atoms with Crippen molar-refractivity contribution in [2.75, 3.05) is 5.32 Å². The topological polar surface area (TPSA) is 55.1 Å². The van der Waals surface area contributed by atoms with Gasteiger partial charge < -0.3 is 9.73 Å². The Kier molecular flexibility index (Phi) is 4.66. The van der Waals surface area contributed by atoms with Crippen LogP contribution in [0.15, 0.2) is 83.3 Å². The largest absolute Gasteiger partial charge is 0.436 e. The van der Waals surface area contributed by atoms with Crippen LogP contribution in [0.3, 0.4) is 0 Å². The number of carbonyl (C=O) groups is 1. The molecule has 0 atom stereocenters. The Morgan fingerprint density at radius 2 is 1.70 bits per heavy atom. The van der Waals surface area contributed by atoms with E-state index < -0.39 is 0 Å². The fourth-order valence-corrected chi connectivity index (χ4v) is 3.79. The van der Waals surface area contributed by atoms with Gasteiger partial charge in [-0.2, -0.15) is 0 Å². The van der Waals surface area contributed by atoms with E-state index in [9.17, 15) is 4.79 Å². The maximum absolute atomic E-state index is 12.9. The SMILES string of the molecule is O=C(Nc1ccc2oc(-c3cccc(Cl)c3Cl)nc2c1)c1cccc2ccccc12. The Labute approximate surface area is 182 Å². The molecule has 6 heteroatoms. The normalized spacial score (nSPS) is 11.1. The first-order valence-electron chi connectivity index (χ1n) is 9.24. The first kappa shape index (κ1) is 18.7. The summed E-state index contributed by atoms with van der Waals surface area (Å²) < 4.78 is 5.83. The van der Waals surface area contributed by atoms with Gasteiger partial charge >= 0.3 is 0 Å². The highest BCUT2D eigenvalue weighted by Crippen LogP contribution is 2.35. The van der Waals surface area contributed by atoms with Crippen LogP contribution < -0.4 is 5.32 Å². The van der Waals surface area contributed by atoms with E-state index in [-0.39, 0.29) is 5.91 Å². The van der Waals surface area contributed by atoms with E-state index in [1.807, 2.05) is 42.5 Å². The highest BCUT2D eigenvalue weighted by Gasteiger charge is 2.15. The fourth-order valence-electron chi connectivity index (χ4n) is 3.41. The van der Waals surface area contributed by atoms with Gasteiger partial charge in [-0.05, 0) is 47.2 Å². The van der Waals surface area contributed by atoms with E-state index in [2.05, 4.69) is 10.3 Å². The van der Waals surface area contributed by atoms with E-state index in [0.717, 1.165) is 10.8 Å². The molecule has 5 aromatic rings. The molecule has 0 aliphatic carbocycles. The Morgan fingerprint density at radius 3 is 2.60 bits per heavy atom. The van der Waals surface area contributed by atoms with Crippen molar-refractivity contribution in [3.05, 3.63) is 94.5 Å².